The fourth-order valence-electron chi connectivity index (χ4n) is 2.35. The lowest BCUT2D eigenvalue weighted by Crippen LogP contribution is -2.22. The number of rotatable bonds is 5. The van der Waals surface area contributed by atoms with E-state index in [0.29, 0.717) is 15.2 Å². The van der Waals surface area contributed by atoms with Crippen molar-refractivity contribution in [1.82, 2.24) is 4.57 Å². The molecule has 3 aromatic rings. The van der Waals surface area contributed by atoms with Crippen LogP contribution in [-0.4, -0.2) is 31.0 Å². The van der Waals surface area contributed by atoms with Crippen molar-refractivity contribution in [3.63, 3.8) is 0 Å². The van der Waals surface area contributed by atoms with Crippen LogP contribution in [0.25, 0.3) is 10.2 Å². The Morgan fingerprint density at radius 2 is 1.96 bits per heavy atom. The average Bonchev–Trinajstić information content (AvgIpc) is 2.97. The molecular formula is C16H12ClN3O6S2. The normalized spacial score (nSPS) is 12.3. The van der Waals surface area contributed by atoms with Gasteiger partial charge in [0.25, 0.3) is 15.7 Å². The first-order valence-electron chi connectivity index (χ1n) is 7.62. The van der Waals surface area contributed by atoms with Gasteiger partial charge in [0.05, 0.1) is 27.1 Å². The maximum Gasteiger partial charge on any atom is 0.325 e. The Kier molecular flexibility index (Phi) is 5.49. The predicted octanol–water partition coefficient (Wildman–Crippen LogP) is 2.73. The molecule has 0 amide bonds. The van der Waals surface area contributed by atoms with Gasteiger partial charge in [0.1, 0.15) is 6.54 Å². The highest BCUT2D eigenvalue weighted by atomic mass is 35.5. The number of fused-ring (bicyclic) bond motifs is 1. The number of carbonyl (C=O) groups is 1. The second kappa shape index (κ2) is 7.70. The van der Waals surface area contributed by atoms with Crippen molar-refractivity contribution >= 4 is 54.8 Å². The molecule has 0 bridgehead atoms. The Hall–Kier alpha value is -2.76. The number of aromatic nitrogens is 1. The molecule has 0 radical (unpaired) electrons. The van der Waals surface area contributed by atoms with Crippen molar-refractivity contribution in [3.8, 4) is 0 Å². The Morgan fingerprint density at radius 3 is 2.57 bits per heavy atom. The van der Waals surface area contributed by atoms with Crippen molar-refractivity contribution in [2.75, 3.05) is 7.11 Å². The van der Waals surface area contributed by atoms with Gasteiger partial charge in [-0.3, -0.25) is 14.9 Å². The second-order valence-electron chi connectivity index (χ2n) is 5.48. The Labute approximate surface area is 167 Å². The van der Waals surface area contributed by atoms with Crippen LogP contribution >= 0.6 is 22.9 Å². The minimum absolute atomic E-state index is 0.0177. The number of nitro groups is 1. The average molecular weight is 442 g/mol. The highest BCUT2D eigenvalue weighted by molar-refractivity contribution is 7.90. The maximum atomic E-state index is 12.6. The predicted molar refractivity (Wildman–Crippen MR) is 103 cm³/mol. The van der Waals surface area contributed by atoms with Gasteiger partial charge in [-0.1, -0.05) is 22.9 Å². The van der Waals surface area contributed by atoms with Crippen LogP contribution in [0.15, 0.2) is 51.8 Å². The van der Waals surface area contributed by atoms with Crippen LogP contribution in [0.3, 0.4) is 0 Å². The minimum Gasteiger partial charge on any atom is -0.468 e. The van der Waals surface area contributed by atoms with Gasteiger partial charge < -0.3 is 9.30 Å². The zero-order chi connectivity index (χ0) is 20.5. The van der Waals surface area contributed by atoms with Crippen molar-refractivity contribution in [2.24, 2.45) is 4.40 Å². The van der Waals surface area contributed by atoms with Gasteiger partial charge in [-0.25, -0.2) is 0 Å². The Morgan fingerprint density at radius 1 is 1.29 bits per heavy atom. The molecule has 0 atom stereocenters. The number of nitro benzene ring substituents is 1. The molecule has 0 saturated heterocycles. The number of ether oxygens (including phenoxy) is 1. The summed E-state index contributed by atoms with van der Waals surface area (Å²) in [6.45, 7) is -0.302. The Balaban J connectivity index is 2.24. The number of thiazole rings is 1. The highest BCUT2D eigenvalue weighted by Gasteiger charge is 2.18. The van der Waals surface area contributed by atoms with Crippen LogP contribution in [0.4, 0.5) is 5.69 Å². The number of esters is 1. The molecule has 9 nitrogen and oxygen atoms in total. The molecule has 146 valence electrons. The molecule has 0 aliphatic rings. The highest BCUT2D eigenvalue weighted by Crippen LogP contribution is 2.24. The van der Waals surface area contributed by atoms with Crippen LogP contribution < -0.4 is 4.80 Å². The van der Waals surface area contributed by atoms with Crippen molar-refractivity contribution in [1.29, 1.82) is 0 Å². The summed E-state index contributed by atoms with van der Waals surface area (Å²) in [6.07, 6.45) is 0. The van der Waals surface area contributed by atoms with Gasteiger partial charge in [-0.2, -0.15) is 8.42 Å². The van der Waals surface area contributed by atoms with Gasteiger partial charge in [0, 0.05) is 17.2 Å². The topological polar surface area (TPSA) is 121 Å². The molecule has 0 spiro atoms. The number of hydrogen-bond donors (Lipinski definition) is 0. The van der Waals surface area contributed by atoms with E-state index in [2.05, 4.69) is 9.13 Å². The van der Waals surface area contributed by atoms with Crippen molar-refractivity contribution in [2.45, 2.75) is 11.4 Å². The van der Waals surface area contributed by atoms with Gasteiger partial charge >= 0.3 is 5.97 Å². The molecule has 28 heavy (non-hydrogen) atoms. The van der Waals surface area contributed by atoms with E-state index in [-0.39, 0.29) is 21.9 Å². The molecular weight excluding hydrogens is 430 g/mol. The molecule has 2 aromatic carbocycles. The lowest BCUT2D eigenvalue weighted by atomic mass is 10.3. The molecule has 0 unspecified atom stereocenters. The molecule has 0 saturated carbocycles. The van der Waals surface area contributed by atoms with Crippen molar-refractivity contribution < 1.29 is 22.9 Å². The summed E-state index contributed by atoms with van der Waals surface area (Å²) in [4.78, 5) is 22.1. The largest absolute Gasteiger partial charge is 0.468 e. The Bertz CT molecular complexity index is 1250. The summed E-state index contributed by atoms with van der Waals surface area (Å²) in [5.41, 5.74) is 0.261. The van der Waals surface area contributed by atoms with Gasteiger partial charge in [0.2, 0.25) is 4.80 Å². The number of benzene rings is 2. The van der Waals surface area contributed by atoms with E-state index in [1.54, 1.807) is 0 Å². The number of nitrogens with zero attached hydrogens (tertiary/aromatic N) is 3. The molecule has 12 heteroatoms. The van der Waals surface area contributed by atoms with E-state index in [9.17, 15) is 23.3 Å². The first-order chi connectivity index (χ1) is 13.2. The van der Waals surface area contributed by atoms with E-state index in [0.717, 1.165) is 11.3 Å². The second-order valence-corrected chi connectivity index (χ2v) is 8.53. The third kappa shape index (κ3) is 4.06. The molecule has 0 fully saturated rings. The lowest BCUT2D eigenvalue weighted by Gasteiger charge is -2.04. The van der Waals surface area contributed by atoms with E-state index in [1.165, 1.54) is 54.1 Å². The van der Waals surface area contributed by atoms with Crippen LogP contribution in [-0.2, 0) is 26.1 Å². The monoisotopic (exact) mass is 441 g/mol. The van der Waals surface area contributed by atoms with Crippen LogP contribution in [0.2, 0.25) is 5.02 Å². The molecule has 0 aliphatic carbocycles. The zero-order valence-electron chi connectivity index (χ0n) is 14.2. The quantitative estimate of drug-likeness (QED) is 0.341. The SMILES string of the molecule is COC(=O)Cn1c(=NS(=O)(=O)c2ccc(Cl)cc2)sc2cc([N+](=O)[O-])ccc21. The fourth-order valence-corrected chi connectivity index (χ4v) is 4.75. The minimum atomic E-state index is -4.10. The summed E-state index contributed by atoms with van der Waals surface area (Å²) < 4.78 is 35.5. The summed E-state index contributed by atoms with van der Waals surface area (Å²) in [7, 11) is -2.90. The van der Waals surface area contributed by atoms with Crippen molar-refractivity contribution in [3.05, 3.63) is 62.4 Å². The third-order valence-electron chi connectivity index (χ3n) is 3.70. The number of halogens is 1. The van der Waals surface area contributed by atoms with Crippen LogP contribution in [0.5, 0.6) is 0 Å². The first kappa shape index (κ1) is 20.0. The van der Waals surface area contributed by atoms with Gasteiger partial charge in [-0.05, 0) is 30.3 Å². The zero-order valence-corrected chi connectivity index (χ0v) is 16.6. The first-order valence-corrected chi connectivity index (χ1v) is 10.3. The van der Waals surface area contributed by atoms with Gasteiger partial charge in [-0.15, -0.1) is 4.40 Å². The third-order valence-corrected chi connectivity index (χ3v) is 6.39. The van der Waals surface area contributed by atoms with E-state index < -0.39 is 20.9 Å². The van der Waals surface area contributed by atoms with Crippen LogP contribution in [0, 0.1) is 10.1 Å². The molecule has 0 aliphatic heterocycles. The van der Waals surface area contributed by atoms with Gasteiger partial charge in [0.15, 0.2) is 0 Å². The summed E-state index contributed by atoms with van der Waals surface area (Å²) in [5, 5.41) is 11.4. The molecule has 1 aromatic heterocycles. The van der Waals surface area contributed by atoms with E-state index in [1.807, 2.05) is 0 Å². The standard InChI is InChI=1S/C16H12ClN3O6S2/c1-26-15(21)9-19-13-7-4-11(20(22)23)8-14(13)27-16(19)18-28(24,25)12-5-2-10(17)3-6-12/h2-8H,9H2,1H3. The summed E-state index contributed by atoms with van der Waals surface area (Å²) in [6, 6.07) is 9.44. The maximum absolute atomic E-state index is 12.6. The van der Waals surface area contributed by atoms with Crippen LogP contribution in [0.1, 0.15) is 0 Å². The molecule has 0 N–H and O–H groups in total. The number of methoxy groups -OCH3 is 1. The number of hydrogen-bond acceptors (Lipinski definition) is 7. The van der Waals surface area contributed by atoms with E-state index in [4.69, 9.17) is 11.6 Å². The summed E-state index contributed by atoms with van der Waals surface area (Å²) in [5.74, 6) is -0.622. The molecule has 1 heterocycles. The number of sulfonamides is 1. The van der Waals surface area contributed by atoms with E-state index >= 15 is 0 Å². The lowest BCUT2D eigenvalue weighted by molar-refractivity contribution is -0.384. The molecule has 3 rings (SSSR count). The summed E-state index contributed by atoms with van der Waals surface area (Å²) >= 11 is 6.69. The smallest absolute Gasteiger partial charge is 0.325 e. The fraction of sp³-hybridized carbons (Fsp3) is 0.125. The number of carbonyl (C=O) groups excluding carboxylic acids is 1. The number of non-ortho nitro benzene ring substituents is 1.